The van der Waals surface area contributed by atoms with Gasteiger partial charge >= 0.3 is 5.69 Å². The number of likely N-dealkylation sites (tertiary alicyclic amines) is 1. The average Bonchev–Trinajstić information content (AvgIpc) is 2.71. The number of H-pyrrole nitrogens is 1. The smallest absolute Gasteiger partial charge is 0.330 e. The van der Waals surface area contributed by atoms with Gasteiger partial charge in [-0.1, -0.05) is 30.3 Å². The molecule has 1 aromatic carbocycles. The molecule has 0 aliphatic carbocycles. The van der Waals surface area contributed by atoms with Gasteiger partial charge in [-0.15, -0.1) is 0 Å². The number of carbonyl (C=O) groups is 1. The molecule has 3 rings (SSSR count). The van der Waals surface area contributed by atoms with E-state index in [4.69, 9.17) is 5.73 Å². The van der Waals surface area contributed by atoms with E-state index in [2.05, 4.69) is 4.98 Å². The number of rotatable bonds is 6. The van der Waals surface area contributed by atoms with Gasteiger partial charge < -0.3 is 15.5 Å². The topological polar surface area (TPSA) is 104 Å². The van der Waals surface area contributed by atoms with Crippen LogP contribution < -0.4 is 21.9 Å². The molecular weight excluding hydrogens is 358 g/mol. The van der Waals surface area contributed by atoms with Gasteiger partial charge in [0.25, 0.3) is 5.56 Å². The van der Waals surface area contributed by atoms with Crippen LogP contribution in [0.25, 0.3) is 0 Å². The van der Waals surface area contributed by atoms with E-state index < -0.39 is 11.2 Å². The van der Waals surface area contributed by atoms with Gasteiger partial charge in [-0.3, -0.25) is 19.1 Å². The van der Waals surface area contributed by atoms with E-state index in [1.165, 1.54) is 4.57 Å². The van der Waals surface area contributed by atoms with Gasteiger partial charge in [0.05, 0.1) is 13.1 Å². The second-order valence-corrected chi connectivity index (χ2v) is 7.02. The molecule has 0 atom stereocenters. The summed E-state index contributed by atoms with van der Waals surface area (Å²) in [6.07, 6.45) is 3.14. The molecule has 0 unspecified atom stereocenters. The minimum Gasteiger partial charge on any atom is -0.383 e. The van der Waals surface area contributed by atoms with Gasteiger partial charge in [0.1, 0.15) is 11.5 Å². The monoisotopic (exact) mass is 385 g/mol. The van der Waals surface area contributed by atoms with E-state index in [0.29, 0.717) is 6.54 Å². The van der Waals surface area contributed by atoms with Crippen LogP contribution >= 0.6 is 0 Å². The number of aromatic amines is 1. The van der Waals surface area contributed by atoms with E-state index in [-0.39, 0.29) is 30.5 Å². The molecule has 28 heavy (non-hydrogen) atoms. The number of anilines is 2. The Hall–Kier alpha value is -3.03. The van der Waals surface area contributed by atoms with E-state index in [1.54, 1.807) is 4.90 Å². The number of nitrogen functional groups attached to an aromatic ring is 1. The van der Waals surface area contributed by atoms with Gasteiger partial charge in [0.15, 0.2) is 0 Å². The molecule has 2 aromatic rings. The van der Waals surface area contributed by atoms with Crippen LogP contribution in [0, 0.1) is 0 Å². The molecule has 1 saturated heterocycles. The summed E-state index contributed by atoms with van der Waals surface area (Å²) in [6.45, 7) is 4.08. The van der Waals surface area contributed by atoms with Gasteiger partial charge in [-0.2, -0.15) is 0 Å². The normalized spacial score (nSPS) is 14.1. The van der Waals surface area contributed by atoms with E-state index in [1.807, 2.05) is 42.2 Å². The Bertz CT molecular complexity index is 929. The summed E-state index contributed by atoms with van der Waals surface area (Å²) in [7, 11) is 0. The maximum atomic E-state index is 12.7. The lowest BCUT2D eigenvalue weighted by Crippen LogP contribution is -2.45. The lowest BCUT2D eigenvalue weighted by molar-refractivity contribution is -0.130. The molecule has 1 amide bonds. The molecule has 0 bridgehead atoms. The Morgan fingerprint density at radius 1 is 1.14 bits per heavy atom. The zero-order valence-corrected chi connectivity index (χ0v) is 16.2. The molecule has 2 heterocycles. The first-order chi connectivity index (χ1) is 13.5. The minimum absolute atomic E-state index is 0.0267. The lowest BCUT2D eigenvalue weighted by atomic mass is 10.1. The number of hydrogen-bond donors (Lipinski definition) is 2. The average molecular weight is 385 g/mol. The molecule has 0 saturated carbocycles. The number of nitrogens with one attached hydrogen (secondary N) is 1. The molecule has 150 valence electrons. The molecule has 8 nitrogen and oxygen atoms in total. The molecule has 0 spiro atoms. The Kier molecular flexibility index (Phi) is 6.18. The van der Waals surface area contributed by atoms with Crippen molar-refractivity contribution in [3.63, 3.8) is 0 Å². The van der Waals surface area contributed by atoms with Crippen molar-refractivity contribution >= 4 is 17.4 Å². The molecule has 3 N–H and O–H groups in total. The van der Waals surface area contributed by atoms with Crippen molar-refractivity contribution in [1.29, 1.82) is 0 Å². The fraction of sp³-hybridized carbons (Fsp3) is 0.450. The number of amides is 1. The summed E-state index contributed by atoms with van der Waals surface area (Å²) in [5.74, 6) is 0.0482. The van der Waals surface area contributed by atoms with Crippen molar-refractivity contribution in [1.82, 2.24) is 14.5 Å². The number of carbonyl (C=O) groups excluding carboxylic acids is 1. The molecule has 0 radical (unpaired) electrons. The Morgan fingerprint density at radius 2 is 1.82 bits per heavy atom. The third kappa shape index (κ3) is 4.27. The summed E-state index contributed by atoms with van der Waals surface area (Å²) in [5.41, 5.74) is 6.17. The number of likely N-dealkylation sites (N-methyl/N-ethyl adjacent to an activating group) is 1. The van der Waals surface area contributed by atoms with Gasteiger partial charge in [0.2, 0.25) is 5.91 Å². The number of aromatic nitrogens is 2. The lowest BCUT2D eigenvalue weighted by Gasteiger charge is -2.30. The molecule has 1 aliphatic heterocycles. The van der Waals surface area contributed by atoms with Crippen molar-refractivity contribution in [2.45, 2.75) is 32.7 Å². The van der Waals surface area contributed by atoms with Crippen molar-refractivity contribution in [2.75, 3.05) is 36.8 Å². The molecule has 8 heteroatoms. The van der Waals surface area contributed by atoms with Crippen molar-refractivity contribution in [3.05, 3.63) is 56.7 Å². The van der Waals surface area contributed by atoms with Crippen LogP contribution in [0.1, 0.15) is 31.7 Å². The quantitative estimate of drug-likeness (QED) is 0.772. The molecule has 1 aromatic heterocycles. The Balaban J connectivity index is 1.90. The van der Waals surface area contributed by atoms with Crippen LogP contribution in [-0.4, -0.2) is 46.5 Å². The third-order valence-electron chi connectivity index (χ3n) is 5.13. The van der Waals surface area contributed by atoms with Crippen LogP contribution in [-0.2, 0) is 11.3 Å². The summed E-state index contributed by atoms with van der Waals surface area (Å²) in [4.78, 5) is 43.3. The van der Waals surface area contributed by atoms with Gasteiger partial charge in [0, 0.05) is 19.6 Å². The maximum Gasteiger partial charge on any atom is 0.330 e. The number of hydrogen-bond acceptors (Lipinski definition) is 5. The van der Waals surface area contributed by atoms with Gasteiger partial charge in [-0.25, -0.2) is 4.79 Å². The Morgan fingerprint density at radius 3 is 2.46 bits per heavy atom. The van der Waals surface area contributed by atoms with E-state index in [0.717, 1.165) is 37.9 Å². The predicted molar refractivity (Wildman–Crippen MR) is 110 cm³/mol. The first-order valence-corrected chi connectivity index (χ1v) is 9.70. The number of nitrogens with two attached hydrogens (primary N) is 1. The van der Waals surface area contributed by atoms with E-state index >= 15 is 0 Å². The summed E-state index contributed by atoms with van der Waals surface area (Å²) >= 11 is 0. The van der Waals surface area contributed by atoms with Crippen LogP contribution in [0.3, 0.4) is 0 Å². The van der Waals surface area contributed by atoms with Crippen LogP contribution in [0.4, 0.5) is 11.5 Å². The summed E-state index contributed by atoms with van der Waals surface area (Å²) in [5, 5.41) is 0. The fourth-order valence-corrected chi connectivity index (χ4v) is 3.56. The second kappa shape index (κ2) is 8.77. The molecule has 1 aliphatic rings. The summed E-state index contributed by atoms with van der Waals surface area (Å²) in [6, 6.07) is 9.40. The number of piperidine rings is 1. The zero-order valence-electron chi connectivity index (χ0n) is 16.2. The SMILES string of the molecule is CCN(CC(=O)N1CCCCC1)c1c(N)n(Cc2ccccc2)c(=O)[nH]c1=O. The minimum atomic E-state index is -0.569. The van der Waals surface area contributed by atoms with Crippen molar-refractivity contribution in [2.24, 2.45) is 0 Å². The molecular formula is C20H27N5O3. The number of benzene rings is 1. The zero-order chi connectivity index (χ0) is 20.1. The van der Waals surface area contributed by atoms with Crippen molar-refractivity contribution in [3.8, 4) is 0 Å². The van der Waals surface area contributed by atoms with Crippen molar-refractivity contribution < 1.29 is 4.79 Å². The second-order valence-electron chi connectivity index (χ2n) is 7.02. The first kappa shape index (κ1) is 19.7. The highest BCUT2D eigenvalue weighted by atomic mass is 16.2. The highest BCUT2D eigenvalue weighted by Crippen LogP contribution is 2.18. The predicted octanol–water partition coefficient (Wildman–Crippen LogP) is 1.01. The first-order valence-electron chi connectivity index (χ1n) is 9.70. The van der Waals surface area contributed by atoms with E-state index in [9.17, 15) is 14.4 Å². The van der Waals surface area contributed by atoms with Crippen LogP contribution in [0.2, 0.25) is 0 Å². The number of nitrogens with zero attached hydrogens (tertiary/aromatic N) is 3. The molecule has 1 fully saturated rings. The highest BCUT2D eigenvalue weighted by Gasteiger charge is 2.23. The summed E-state index contributed by atoms with van der Waals surface area (Å²) < 4.78 is 1.33. The van der Waals surface area contributed by atoms with Crippen LogP contribution in [0.15, 0.2) is 39.9 Å². The third-order valence-corrected chi connectivity index (χ3v) is 5.13. The fourth-order valence-electron chi connectivity index (χ4n) is 3.56. The Labute approximate surface area is 163 Å². The van der Waals surface area contributed by atoms with Crippen LogP contribution in [0.5, 0.6) is 0 Å². The van der Waals surface area contributed by atoms with Gasteiger partial charge in [-0.05, 0) is 31.7 Å². The largest absolute Gasteiger partial charge is 0.383 e. The maximum absolute atomic E-state index is 12.7. The highest BCUT2D eigenvalue weighted by molar-refractivity contribution is 5.82. The standard InChI is InChI=1S/C20H27N5O3/c1-2-23(14-16(26)24-11-7-4-8-12-24)17-18(21)25(20(28)22-19(17)27)13-15-9-5-3-6-10-15/h3,5-6,9-10H,2,4,7-8,11-14,21H2,1H3,(H,22,27,28).